The minimum absolute atomic E-state index is 0.0279. The highest BCUT2D eigenvalue weighted by molar-refractivity contribution is 5.82. The molecule has 3 fully saturated rings. The number of aromatic nitrogens is 4. The first-order chi connectivity index (χ1) is 13.4. The molecule has 0 aromatic carbocycles. The monoisotopic (exact) mass is 380 g/mol. The molecule has 4 aliphatic rings. The van der Waals surface area contributed by atoms with Crippen LogP contribution in [0.25, 0.3) is 17.0 Å². The average molecular weight is 380 g/mol. The molecular weight excluding hydrogens is 356 g/mol. The molecule has 3 aliphatic carbocycles. The van der Waals surface area contributed by atoms with Crippen LogP contribution in [0.15, 0.2) is 18.8 Å². The van der Waals surface area contributed by atoms with Crippen molar-refractivity contribution in [1.29, 1.82) is 0 Å². The third kappa shape index (κ3) is 2.10. The molecule has 2 aromatic heterocycles. The van der Waals surface area contributed by atoms with Crippen molar-refractivity contribution in [3.63, 3.8) is 0 Å². The van der Waals surface area contributed by atoms with E-state index in [1.807, 2.05) is 13.1 Å². The second-order valence-corrected chi connectivity index (χ2v) is 8.46. The predicted octanol–water partition coefficient (Wildman–Crippen LogP) is 3.06. The van der Waals surface area contributed by atoms with Gasteiger partial charge < -0.3 is 9.47 Å². The molecule has 3 saturated carbocycles. The number of ether oxygens (including phenoxy) is 2. The topological polar surface area (TPSA) is 79.1 Å². The first-order valence-corrected chi connectivity index (χ1v) is 9.78. The summed E-state index contributed by atoms with van der Waals surface area (Å²) in [7, 11) is 1.47. The molecule has 3 heterocycles. The first kappa shape index (κ1) is 17.4. The van der Waals surface area contributed by atoms with Gasteiger partial charge in [-0.25, -0.2) is 0 Å². The third-order valence-corrected chi connectivity index (χ3v) is 6.66. The van der Waals surface area contributed by atoms with E-state index in [2.05, 4.69) is 34.4 Å². The fourth-order valence-corrected chi connectivity index (χ4v) is 5.42. The van der Waals surface area contributed by atoms with Crippen LogP contribution in [-0.2, 0) is 26.2 Å². The standard InChI is InChI=1S/C21H24N4O3/c1-5-28-13(3)18-17-12(2)8-25-15(14(17)7-22-23-18)6-16(24-25)20-9-21(10-20,11-20)19(26)27-4/h6-7,12H,3,5,8-11H2,1-2,4H3. The Kier molecular flexibility index (Phi) is 3.51. The molecule has 1 aliphatic heterocycles. The quantitative estimate of drug-likeness (QED) is 0.586. The lowest BCUT2D eigenvalue weighted by Gasteiger charge is -2.67. The van der Waals surface area contributed by atoms with E-state index >= 15 is 0 Å². The van der Waals surface area contributed by atoms with Gasteiger partial charge in [0.1, 0.15) is 11.5 Å². The third-order valence-electron chi connectivity index (χ3n) is 6.66. The normalized spacial score (nSPS) is 29.0. The predicted molar refractivity (Wildman–Crippen MR) is 102 cm³/mol. The number of esters is 1. The van der Waals surface area contributed by atoms with E-state index in [-0.39, 0.29) is 22.7 Å². The highest BCUT2D eigenvalue weighted by atomic mass is 16.5. The summed E-state index contributed by atoms with van der Waals surface area (Å²) in [5.41, 5.74) is 4.79. The number of carbonyl (C=O) groups excluding carboxylic acids is 1. The van der Waals surface area contributed by atoms with E-state index in [4.69, 9.17) is 14.6 Å². The maximum atomic E-state index is 12.0. The molecule has 2 bridgehead atoms. The molecular formula is C21H24N4O3. The molecule has 1 atom stereocenters. The molecule has 1 unspecified atom stereocenters. The van der Waals surface area contributed by atoms with Crippen LogP contribution < -0.4 is 0 Å². The number of rotatable bonds is 5. The number of fused-ring (bicyclic) bond motifs is 3. The summed E-state index contributed by atoms with van der Waals surface area (Å²) in [6.07, 6.45) is 4.33. The SMILES string of the molecule is C=C(OCC)c1nncc2c1C(C)Cn1nc(C34CC(C(=O)OC)(C3)C4)cc1-2. The van der Waals surface area contributed by atoms with Crippen molar-refractivity contribution in [3.8, 4) is 11.3 Å². The lowest BCUT2D eigenvalue weighted by atomic mass is 9.34. The van der Waals surface area contributed by atoms with Crippen molar-refractivity contribution in [2.45, 2.75) is 51.0 Å². The van der Waals surface area contributed by atoms with Gasteiger partial charge in [0.2, 0.25) is 0 Å². The Morgan fingerprint density at radius 2 is 2.14 bits per heavy atom. The van der Waals surface area contributed by atoms with E-state index in [9.17, 15) is 4.79 Å². The van der Waals surface area contributed by atoms with Crippen LogP contribution in [0.3, 0.4) is 0 Å². The van der Waals surface area contributed by atoms with E-state index < -0.39 is 0 Å². The second kappa shape index (κ2) is 5.65. The summed E-state index contributed by atoms with van der Waals surface area (Å²) in [4.78, 5) is 12.0. The number of nitrogens with zero attached hydrogens (tertiary/aromatic N) is 4. The van der Waals surface area contributed by atoms with Crippen molar-refractivity contribution in [2.24, 2.45) is 5.41 Å². The van der Waals surface area contributed by atoms with Gasteiger partial charge in [0.15, 0.2) is 0 Å². The minimum atomic E-state index is -0.266. The van der Waals surface area contributed by atoms with Gasteiger partial charge in [-0.15, -0.1) is 5.10 Å². The number of methoxy groups -OCH3 is 1. The smallest absolute Gasteiger partial charge is 0.311 e. The van der Waals surface area contributed by atoms with E-state index in [1.165, 1.54) is 7.11 Å². The molecule has 7 heteroatoms. The zero-order valence-electron chi connectivity index (χ0n) is 16.5. The molecule has 0 amide bonds. The largest absolute Gasteiger partial charge is 0.492 e. The Balaban J connectivity index is 1.51. The summed E-state index contributed by atoms with van der Waals surface area (Å²) in [5.74, 6) is 0.713. The van der Waals surface area contributed by atoms with Crippen molar-refractivity contribution >= 4 is 11.7 Å². The van der Waals surface area contributed by atoms with Crippen molar-refractivity contribution < 1.29 is 14.3 Å². The maximum Gasteiger partial charge on any atom is 0.311 e. The molecule has 7 nitrogen and oxygen atoms in total. The Morgan fingerprint density at radius 3 is 2.82 bits per heavy atom. The summed E-state index contributed by atoms with van der Waals surface area (Å²) in [5, 5.41) is 13.4. The average Bonchev–Trinajstić information content (AvgIpc) is 3.02. The molecule has 0 spiro atoms. The van der Waals surface area contributed by atoms with Crippen LogP contribution in [0, 0.1) is 5.41 Å². The highest BCUT2D eigenvalue weighted by Gasteiger charge is 2.73. The molecule has 28 heavy (non-hydrogen) atoms. The minimum Gasteiger partial charge on any atom is -0.492 e. The number of hydrogen-bond acceptors (Lipinski definition) is 6. The Morgan fingerprint density at radius 1 is 1.39 bits per heavy atom. The van der Waals surface area contributed by atoms with Gasteiger partial charge >= 0.3 is 5.97 Å². The Hall–Kier alpha value is -2.70. The van der Waals surface area contributed by atoms with E-state index in [0.717, 1.165) is 54.0 Å². The molecule has 146 valence electrons. The summed E-state index contributed by atoms with van der Waals surface area (Å²) < 4.78 is 12.6. The lowest BCUT2D eigenvalue weighted by molar-refractivity contribution is -0.198. The van der Waals surface area contributed by atoms with Gasteiger partial charge in [-0.05, 0) is 37.8 Å². The van der Waals surface area contributed by atoms with Gasteiger partial charge in [0.05, 0.1) is 36.7 Å². The fourth-order valence-electron chi connectivity index (χ4n) is 5.42. The first-order valence-electron chi connectivity index (χ1n) is 9.78. The zero-order chi connectivity index (χ0) is 19.7. The Bertz CT molecular complexity index is 989. The van der Waals surface area contributed by atoms with Gasteiger partial charge in [-0.2, -0.15) is 10.2 Å². The molecule has 0 saturated heterocycles. The summed E-state index contributed by atoms with van der Waals surface area (Å²) in [6.45, 7) is 9.45. The van der Waals surface area contributed by atoms with Crippen LogP contribution in [0.5, 0.6) is 0 Å². The lowest BCUT2D eigenvalue weighted by Crippen LogP contribution is -2.68. The molecule has 2 aromatic rings. The van der Waals surface area contributed by atoms with Gasteiger partial charge in [0.25, 0.3) is 0 Å². The van der Waals surface area contributed by atoms with Crippen LogP contribution in [-0.4, -0.2) is 39.7 Å². The fraction of sp³-hybridized carbons (Fsp3) is 0.524. The summed E-state index contributed by atoms with van der Waals surface area (Å²) in [6, 6.07) is 2.17. The molecule has 0 radical (unpaired) electrons. The van der Waals surface area contributed by atoms with Gasteiger partial charge in [-0.1, -0.05) is 13.5 Å². The highest BCUT2D eigenvalue weighted by Crippen LogP contribution is 2.73. The van der Waals surface area contributed by atoms with Crippen molar-refractivity contribution in [2.75, 3.05) is 13.7 Å². The van der Waals surface area contributed by atoms with Crippen molar-refractivity contribution in [1.82, 2.24) is 20.0 Å². The van der Waals surface area contributed by atoms with Crippen LogP contribution in [0.2, 0.25) is 0 Å². The Labute approximate surface area is 163 Å². The van der Waals surface area contributed by atoms with Crippen LogP contribution in [0.4, 0.5) is 0 Å². The van der Waals surface area contributed by atoms with Gasteiger partial charge in [-0.3, -0.25) is 9.48 Å². The number of hydrogen-bond donors (Lipinski definition) is 0. The molecule has 0 N–H and O–H groups in total. The number of carbonyl (C=O) groups is 1. The van der Waals surface area contributed by atoms with E-state index in [0.29, 0.717) is 12.4 Å². The molecule has 6 rings (SSSR count). The van der Waals surface area contributed by atoms with Crippen molar-refractivity contribution in [3.05, 3.63) is 35.8 Å². The van der Waals surface area contributed by atoms with Crippen LogP contribution >= 0.6 is 0 Å². The van der Waals surface area contributed by atoms with E-state index in [1.54, 1.807) is 0 Å². The van der Waals surface area contributed by atoms with Gasteiger partial charge in [0, 0.05) is 23.4 Å². The zero-order valence-corrected chi connectivity index (χ0v) is 16.5. The van der Waals surface area contributed by atoms with Crippen LogP contribution in [0.1, 0.15) is 56.0 Å². The summed E-state index contributed by atoms with van der Waals surface area (Å²) >= 11 is 0. The second-order valence-electron chi connectivity index (χ2n) is 8.46. The maximum absolute atomic E-state index is 12.0.